The van der Waals surface area contributed by atoms with Gasteiger partial charge in [-0.25, -0.2) is 0 Å². The van der Waals surface area contributed by atoms with E-state index in [1.807, 2.05) is 54.6 Å². The van der Waals surface area contributed by atoms with E-state index in [0.29, 0.717) is 28.0 Å². The van der Waals surface area contributed by atoms with Crippen LogP contribution in [0.25, 0.3) is 0 Å². The van der Waals surface area contributed by atoms with Crippen LogP contribution < -0.4 is 14.8 Å². The molecule has 1 aliphatic carbocycles. The number of methoxy groups -OCH3 is 1. The van der Waals surface area contributed by atoms with Crippen molar-refractivity contribution in [3.63, 3.8) is 0 Å². The van der Waals surface area contributed by atoms with Crippen molar-refractivity contribution in [2.24, 2.45) is 0 Å². The van der Waals surface area contributed by atoms with E-state index in [2.05, 4.69) is 5.32 Å². The first kappa shape index (κ1) is 28.8. The highest BCUT2D eigenvalue weighted by Crippen LogP contribution is 2.28. The molecule has 1 unspecified atom stereocenters. The van der Waals surface area contributed by atoms with Gasteiger partial charge in [0.15, 0.2) is 6.61 Å². The van der Waals surface area contributed by atoms with Crippen LogP contribution in [0.4, 0.5) is 0 Å². The lowest BCUT2D eigenvalue weighted by atomic mass is 9.94. The average molecular weight is 570 g/mol. The molecule has 0 bridgehead atoms. The zero-order valence-electron chi connectivity index (χ0n) is 22.1. The molecule has 1 fully saturated rings. The molecule has 206 valence electrons. The van der Waals surface area contributed by atoms with Gasteiger partial charge >= 0.3 is 0 Å². The molecule has 0 heterocycles. The lowest BCUT2D eigenvalue weighted by molar-refractivity contribution is -0.143. The van der Waals surface area contributed by atoms with Gasteiger partial charge in [0.25, 0.3) is 5.91 Å². The number of hydrogen-bond acceptors (Lipinski definition) is 4. The second-order valence-electron chi connectivity index (χ2n) is 9.79. The summed E-state index contributed by atoms with van der Waals surface area (Å²) >= 11 is 12.3. The van der Waals surface area contributed by atoms with E-state index in [1.165, 1.54) is 6.42 Å². The van der Waals surface area contributed by atoms with Gasteiger partial charge in [0.1, 0.15) is 17.5 Å². The van der Waals surface area contributed by atoms with Crippen LogP contribution >= 0.6 is 23.2 Å². The lowest BCUT2D eigenvalue weighted by Gasteiger charge is -2.33. The molecule has 6 nitrogen and oxygen atoms in total. The summed E-state index contributed by atoms with van der Waals surface area (Å²) in [4.78, 5) is 29.2. The van der Waals surface area contributed by atoms with E-state index in [0.717, 1.165) is 36.8 Å². The number of carbonyl (C=O) groups is 2. The highest BCUT2D eigenvalue weighted by molar-refractivity contribution is 6.35. The molecule has 1 atom stereocenters. The number of amides is 2. The Morgan fingerprint density at radius 1 is 0.949 bits per heavy atom. The third kappa shape index (κ3) is 8.38. The first-order valence-electron chi connectivity index (χ1n) is 13.3. The molecule has 39 heavy (non-hydrogen) atoms. The number of nitrogens with one attached hydrogen (secondary N) is 1. The summed E-state index contributed by atoms with van der Waals surface area (Å²) in [6.07, 6.45) is 5.65. The predicted octanol–water partition coefficient (Wildman–Crippen LogP) is 6.47. The van der Waals surface area contributed by atoms with Gasteiger partial charge < -0.3 is 19.7 Å². The van der Waals surface area contributed by atoms with Gasteiger partial charge in [-0.05, 0) is 54.3 Å². The highest BCUT2D eigenvalue weighted by atomic mass is 35.5. The fourth-order valence-corrected chi connectivity index (χ4v) is 5.34. The number of hydrogen-bond donors (Lipinski definition) is 1. The predicted molar refractivity (Wildman–Crippen MR) is 154 cm³/mol. The molecule has 3 aromatic carbocycles. The largest absolute Gasteiger partial charge is 0.497 e. The molecule has 2 amide bonds. The van der Waals surface area contributed by atoms with Gasteiger partial charge in [-0.1, -0.05) is 84.9 Å². The summed E-state index contributed by atoms with van der Waals surface area (Å²) in [5, 5.41) is 4.02. The standard InChI is InChI=1S/C31H34Cl2N2O4/c1-38-26-14-8-11-23(17-26)20-35(30(36)21-39-29-16-15-24(32)19-27(29)33)28(18-22-9-4-2-5-10-22)31(37)34-25-12-6-3-7-13-25/h2,4-5,8-11,14-17,19,25,28H,3,6-7,12-13,18,20-21H2,1H3,(H,34,37). The Balaban J connectivity index is 1.63. The lowest BCUT2D eigenvalue weighted by Crippen LogP contribution is -2.53. The minimum Gasteiger partial charge on any atom is -0.497 e. The van der Waals surface area contributed by atoms with Crippen molar-refractivity contribution in [2.45, 2.75) is 57.2 Å². The minimum absolute atomic E-state index is 0.113. The van der Waals surface area contributed by atoms with Crippen LogP contribution in [0.1, 0.15) is 43.2 Å². The summed E-state index contributed by atoms with van der Waals surface area (Å²) in [7, 11) is 1.60. The maximum absolute atomic E-state index is 13.8. The van der Waals surface area contributed by atoms with E-state index in [4.69, 9.17) is 32.7 Å². The SMILES string of the molecule is COc1cccc(CN(C(=O)COc2ccc(Cl)cc2Cl)C(Cc2ccccc2)C(=O)NC2CCCCC2)c1. The molecule has 4 rings (SSSR count). The number of nitrogens with zero attached hydrogens (tertiary/aromatic N) is 1. The molecule has 8 heteroatoms. The molecule has 0 aliphatic heterocycles. The van der Waals surface area contributed by atoms with Crippen molar-refractivity contribution in [1.82, 2.24) is 10.2 Å². The maximum atomic E-state index is 13.8. The fraction of sp³-hybridized carbons (Fsp3) is 0.355. The number of rotatable bonds is 11. The van der Waals surface area contributed by atoms with Crippen LogP contribution in [0.15, 0.2) is 72.8 Å². The van der Waals surface area contributed by atoms with E-state index in [1.54, 1.807) is 30.2 Å². The van der Waals surface area contributed by atoms with Gasteiger partial charge in [-0.2, -0.15) is 0 Å². The number of halogens is 2. The molecule has 0 saturated heterocycles. The summed E-state index contributed by atoms with van der Waals surface area (Å²) in [6, 6.07) is 21.5. The topological polar surface area (TPSA) is 67.9 Å². The first-order valence-corrected chi connectivity index (χ1v) is 14.0. The van der Waals surface area contributed by atoms with Gasteiger partial charge in [-0.3, -0.25) is 9.59 Å². The van der Waals surface area contributed by atoms with Crippen LogP contribution in [-0.4, -0.2) is 42.5 Å². The Hall–Kier alpha value is -3.22. The molecule has 1 aliphatic rings. The van der Waals surface area contributed by atoms with Crippen LogP contribution in [0.5, 0.6) is 11.5 Å². The van der Waals surface area contributed by atoms with Crippen LogP contribution in [0.3, 0.4) is 0 Å². The summed E-state index contributed by atoms with van der Waals surface area (Å²) in [5.74, 6) is 0.535. The molecule has 1 N–H and O–H groups in total. The van der Waals surface area contributed by atoms with Crippen molar-refractivity contribution in [3.8, 4) is 11.5 Å². The quantitative estimate of drug-likeness (QED) is 0.288. The zero-order chi connectivity index (χ0) is 27.6. The van der Waals surface area contributed by atoms with E-state index in [-0.39, 0.29) is 31.0 Å². The molecular formula is C31H34Cl2N2O4. The summed E-state index contributed by atoms with van der Waals surface area (Å²) < 4.78 is 11.2. The normalized spacial score (nSPS) is 14.3. The molecule has 0 aromatic heterocycles. The van der Waals surface area contributed by atoms with Gasteiger partial charge in [0.2, 0.25) is 5.91 Å². The van der Waals surface area contributed by atoms with Crippen LogP contribution in [0, 0.1) is 0 Å². The Labute approximate surface area is 240 Å². The summed E-state index contributed by atoms with van der Waals surface area (Å²) in [6.45, 7) is -0.0728. The van der Waals surface area contributed by atoms with Crippen LogP contribution in [-0.2, 0) is 22.6 Å². The number of carbonyl (C=O) groups excluding carboxylic acids is 2. The Kier molecular flexibility index (Phi) is 10.5. The van der Waals surface area contributed by atoms with Crippen molar-refractivity contribution in [2.75, 3.05) is 13.7 Å². The Morgan fingerprint density at radius 3 is 2.41 bits per heavy atom. The van der Waals surface area contributed by atoms with E-state index >= 15 is 0 Å². The summed E-state index contributed by atoms with van der Waals surface area (Å²) in [5.41, 5.74) is 1.81. The highest BCUT2D eigenvalue weighted by Gasteiger charge is 2.32. The van der Waals surface area contributed by atoms with Gasteiger partial charge in [-0.15, -0.1) is 0 Å². The first-order chi connectivity index (χ1) is 18.9. The fourth-order valence-electron chi connectivity index (χ4n) is 4.88. The van der Waals surface area contributed by atoms with Crippen LogP contribution in [0.2, 0.25) is 10.0 Å². The van der Waals surface area contributed by atoms with Crippen molar-refractivity contribution in [3.05, 3.63) is 94.0 Å². The number of ether oxygens (including phenoxy) is 2. The zero-order valence-corrected chi connectivity index (χ0v) is 23.6. The second kappa shape index (κ2) is 14.2. The van der Waals surface area contributed by atoms with Crippen molar-refractivity contribution in [1.29, 1.82) is 0 Å². The minimum atomic E-state index is -0.739. The van der Waals surface area contributed by atoms with E-state index < -0.39 is 6.04 Å². The third-order valence-electron chi connectivity index (χ3n) is 6.95. The van der Waals surface area contributed by atoms with Gasteiger partial charge in [0.05, 0.1) is 12.1 Å². The monoisotopic (exact) mass is 568 g/mol. The molecule has 0 radical (unpaired) electrons. The smallest absolute Gasteiger partial charge is 0.261 e. The molecule has 1 saturated carbocycles. The van der Waals surface area contributed by atoms with Gasteiger partial charge in [0, 0.05) is 24.0 Å². The molecule has 0 spiro atoms. The molecular weight excluding hydrogens is 535 g/mol. The molecule has 3 aromatic rings. The third-order valence-corrected chi connectivity index (χ3v) is 7.49. The second-order valence-corrected chi connectivity index (χ2v) is 10.6. The van der Waals surface area contributed by atoms with Crippen molar-refractivity contribution < 1.29 is 19.1 Å². The Bertz CT molecular complexity index is 1250. The average Bonchev–Trinajstić information content (AvgIpc) is 2.95. The Morgan fingerprint density at radius 2 is 1.69 bits per heavy atom. The maximum Gasteiger partial charge on any atom is 0.261 e. The van der Waals surface area contributed by atoms with Crippen molar-refractivity contribution >= 4 is 35.0 Å². The number of benzene rings is 3. The van der Waals surface area contributed by atoms with E-state index in [9.17, 15) is 9.59 Å².